The van der Waals surface area contributed by atoms with Gasteiger partial charge in [-0.05, 0) is 12.8 Å². The standard InChI is InChI=1S/C8H12FNO/c1-6(2)8(3,9)7-4-5-11-10-7/h4-6H,1-3H3/i5D. The van der Waals surface area contributed by atoms with Gasteiger partial charge in [-0.1, -0.05) is 19.0 Å². The van der Waals surface area contributed by atoms with Gasteiger partial charge in [-0.2, -0.15) is 0 Å². The van der Waals surface area contributed by atoms with E-state index in [1.807, 2.05) is 0 Å². The van der Waals surface area contributed by atoms with Gasteiger partial charge in [0.25, 0.3) is 0 Å². The van der Waals surface area contributed by atoms with Gasteiger partial charge in [-0.3, -0.25) is 0 Å². The number of halogens is 1. The van der Waals surface area contributed by atoms with Crippen LogP contribution in [0.5, 0.6) is 0 Å². The number of hydrogen-bond donors (Lipinski definition) is 0. The molecule has 0 spiro atoms. The van der Waals surface area contributed by atoms with Crippen molar-refractivity contribution in [3.05, 3.63) is 18.0 Å². The van der Waals surface area contributed by atoms with E-state index in [0.29, 0.717) is 0 Å². The molecular formula is C8H12FNO. The summed E-state index contributed by atoms with van der Waals surface area (Å²) in [6.45, 7) is 4.96. The van der Waals surface area contributed by atoms with Crippen LogP contribution in [0, 0.1) is 5.92 Å². The van der Waals surface area contributed by atoms with E-state index < -0.39 is 5.67 Å². The summed E-state index contributed by atoms with van der Waals surface area (Å²) in [5.41, 5.74) is -1.31. The molecule has 0 saturated heterocycles. The van der Waals surface area contributed by atoms with Gasteiger partial charge in [0, 0.05) is 6.07 Å². The van der Waals surface area contributed by atoms with Gasteiger partial charge in [0.15, 0.2) is 5.67 Å². The molecule has 1 heterocycles. The summed E-state index contributed by atoms with van der Waals surface area (Å²) in [5.74, 6) is -0.179. The Labute approximate surface area is 66.8 Å². The smallest absolute Gasteiger partial charge is 0.155 e. The van der Waals surface area contributed by atoms with Crippen LogP contribution in [0.2, 0.25) is 0 Å². The minimum atomic E-state index is -1.51. The quantitative estimate of drug-likeness (QED) is 0.661. The Morgan fingerprint density at radius 3 is 2.82 bits per heavy atom. The second-order valence-corrected chi connectivity index (χ2v) is 3.06. The minimum Gasteiger partial charge on any atom is -0.364 e. The molecule has 0 aliphatic heterocycles. The fourth-order valence-corrected chi connectivity index (χ4v) is 0.710. The van der Waals surface area contributed by atoms with Crippen LogP contribution in [0.15, 0.2) is 16.8 Å². The maximum Gasteiger partial charge on any atom is 0.155 e. The molecule has 0 fully saturated rings. The Morgan fingerprint density at radius 2 is 2.45 bits per heavy atom. The lowest BCUT2D eigenvalue weighted by molar-refractivity contribution is 0.112. The zero-order valence-electron chi connectivity index (χ0n) is 7.89. The SMILES string of the molecule is [2H]c1cc(C(C)(F)C(C)C)no1. The van der Waals surface area contributed by atoms with Crippen LogP contribution in [0.3, 0.4) is 0 Å². The number of hydrogen-bond acceptors (Lipinski definition) is 2. The van der Waals surface area contributed by atoms with Crippen molar-refractivity contribution in [2.75, 3.05) is 0 Å². The van der Waals surface area contributed by atoms with E-state index in [-0.39, 0.29) is 17.9 Å². The topological polar surface area (TPSA) is 26.0 Å². The van der Waals surface area contributed by atoms with E-state index in [4.69, 9.17) is 1.37 Å². The molecule has 1 rings (SSSR count). The van der Waals surface area contributed by atoms with Crippen LogP contribution in [-0.4, -0.2) is 5.16 Å². The number of rotatable bonds is 2. The van der Waals surface area contributed by atoms with E-state index in [9.17, 15) is 4.39 Å². The highest BCUT2D eigenvalue weighted by Gasteiger charge is 2.32. The number of aromatic nitrogens is 1. The van der Waals surface area contributed by atoms with Crippen molar-refractivity contribution in [1.82, 2.24) is 5.16 Å². The number of alkyl halides is 1. The van der Waals surface area contributed by atoms with Gasteiger partial charge >= 0.3 is 0 Å². The predicted octanol–water partition coefficient (Wildman–Crippen LogP) is 2.52. The van der Waals surface area contributed by atoms with Gasteiger partial charge in [-0.25, -0.2) is 4.39 Å². The Kier molecular flexibility index (Phi) is 1.64. The van der Waals surface area contributed by atoms with Crippen molar-refractivity contribution in [1.29, 1.82) is 0 Å². The Morgan fingerprint density at radius 1 is 1.82 bits per heavy atom. The first kappa shape index (κ1) is 6.83. The lowest BCUT2D eigenvalue weighted by Crippen LogP contribution is -2.22. The molecule has 1 unspecified atom stereocenters. The maximum absolute atomic E-state index is 13.8. The molecule has 0 amide bonds. The normalized spacial score (nSPS) is 18.1. The molecular weight excluding hydrogens is 145 g/mol. The van der Waals surface area contributed by atoms with Crippen LogP contribution in [0.4, 0.5) is 4.39 Å². The fourth-order valence-electron chi connectivity index (χ4n) is 0.710. The third kappa shape index (κ3) is 1.42. The third-order valence-electron chi connectivity index (χ3n) is 1.98. The lowest BCUT2D eigenvalue weighted by atomic mass is 9.91. The van der Waals surface area contributed by atoms with Crippen LogP contribution in [0.25, 0.3) is 0 Å². The monoisotopic (exact) mass is 158 g/mol. The lowest BCUT2D eigenvalue weighted by Gasteiger charge is -2.21. The van der Waals surface area contributed by atoms with E-state index in [0.717, 1.165) is 0 Å². The predicted molar refractivity (Wildman–Crippen MR) is 39.8 cm³/mol. The van der Waals surface area contributed by atoms with Crippen molar-refractivity contribution in [2.45, 2.75) is 26.4 Å². The second kappa shape index (κ2) is 2.64. The third-order valence-corrected chi connectivity index (χ3v) is 1.98. The molecule has 0 radical (unpaired) electrons. The van der Waals surface area contributed by atoms with Crippen molar-refractivity contribution >= 4 is 0 Å². The summed E-state index contributed by atoms with van der Waals surface area (Å²) in [7, 11) is 0. The average molecular weight is 158 g/mol. The molecule has 0 aromatic carbocycles. The van der Waals surface area contributed by atoms with Crippen molar-refractivity contribution in [3.63, 3.8) is 0 Å². The van der Waals surface area contributed by atoms with E-state index in [1.165, 1.54) is 13.0 Å². The summed E-state index contributed by atoms with van der Waals surface area (Å²) >= 11 is 0. The molecule has 11 heavy (non-hydrogen) atoms. The largest absolute Gasteiger partial charge is 0.364 e. The molecule has 1 aromatic rings. The van der Waals surface area contributed by atoms with Gasteiger partial charge < -0.3 is 4.52 Å². The Bertz CT molecular complexity index is 270. The van der Waals surface area contributed by atoms with Crippen molar-refractivity contribution < 1.29 is 10.3 Å². The molecule has 0 N–H and O–H groups in total. The van der Waals surface area contributed by atoms with Crippen LogP contribution >= 0.6 is 0 Å². The van der Waals surface area contributed by atoms with E-state index in [1.54, 1.807) is 13.8 Å². The van der Waals surface area contributed by atoms with E-state index >= 15 is 0 Å². The van der Waals surface area contributed by atoms with Gasteiger partial charge in [0.2, 0.25) is 0 Å². The maximum atomic E-state index is 13.8. The van der Waals surface area contributed by atoms with Crippen molar-refractivity contribution in [2.24, 2.45) is 5.92 Å². The highest BCUT2D eigenvalue weighted by molar-refractivity contribution is 5.07. The molecule has 0 saturated carbocycles. The summed E-state index contributed by atoms with van der Waals surface area (Å²) in [5, 5.41) is 3.47. The highest BCUT2D eigenvalue weighted by Crippen LogP contribution is 2.31. The minimum absolute atomic E-state index is 0.102. The molecule has 0 bridgehead atoms. The molecule has 0 aliphatic carbocycles. The highest BCUT2D eigenvalue weighted by atomic mass is 19.1. The molecule has 0 aliphatic rings. The number of nitrogens with zero attached hydrogens (tertiary/aromatic N) is 1. The average Bonchev–Trinajstić information content (AvgIpc) is 2.35. The molecule has 62 valence electrons. The fraction of sp³-hybridized carbons (Fsp3) is 0.625. The molecule has 1 aromatic heterocycles. The Balaban J connectivity index is 2.97. The first-order valence-electron chi connectivity index (χ1n) is 4.07. The first-order chi connectivity index (χ1) is 5.44. The molecule has 3 heteroatoms. The molecule has 2 nitrogen and oxygen atoms in total. The van der Waals surface area contributed by atoms with Crippen LogP contribution in [0.1, 0.15) is 27.8 Å². The van der Waals surface area contributed by atoms with Gasteiger partial charge in [-0.15, -0.1) is 0 Å². The second-order valence-electron chi connectivity index (χ2n) is 3.06. The first-order valence-corrected chi connectivity index (χ1v) is 3.57. The zero-order chi connectivity index (χ0) is 9.35. The molecule has 1 atom stereocenters. The summed E-state index contributed by atoms with van der Waals surface area (Å²) in [6.07, 6.45) is -0.102. The van der Waals surface area contributed by atoms with Gasteiger partial charge in [0.1, 0.15) is 13.3 Å². The van der Waals surface area contributed by atoms with Crippen LogP contribution in [-0.2, 0) is 5.67 Å². The zero-order valence-corrected chi connectivity index (χ0v) is 6.89. The summed E-state index contributed by atoms with van der Waals surface area (Å²) < 4.78 is 25.3. The summed E-state index contributed by atoms with van der Waals surface area (Å²) in [6, 6.07) is 1.31. The van der Waals surface area contributed by atoms with Crippen LogP contribution < -0.4 is 0 Å². The Hall–Kier alpha value is -0.860. The van der Waals surface area contributed by atoms with E-state index in [2.05, 4.69) is 9.68 Å². The van der Waals surface area contributed by atoms with Crippen molar-refractivity contribution in [3.8, 4) is 0 Å². The van der Waals surface area contributed by atoms with Gasteiger partial charge in [0.05, 0.1) is 0 Å². The summed E-state index contributed by atoms with van der Waals surface area (Å²) in [4.78, 5) is 0.